The number of alkyl halides is 3. The van der Waals surface area contributed by atoms with Gasteiger partial charge < -0.3 is 9.66 Å². The summed E-state index contributed by atoms with van der Waals surface area (Å²) in [6, 6.07) is 20.0. The monoisotopic (exact) mass is 521 g/mol. The second-order valence-electron chi connectivity index (χ2n) is 7.40. The molecule has 0 atom stereocenters. The highest BCUT2D eigenvalue weighted by molar-refractivity contribution is 7.85. The van der Waals surface area contributed by atoms with Crippen LogP contribution in [-0.4, -0.2) is 18.1 Å². The number of phenolic OH excluding ortho intramolecular Hbond substituents is 1. The van der Waals surface area contributed by atoms with Crippen LogP contribution in [0.25, 0.3) is 23.1 Å². The Morgan fingerprint density at radius 1 is 0.943 bits per heavy atom. The average Bonchev–Trinajstić information content (AvgIpc) is 2.80. The van der Waals surface area contributed by atoms with Crippen molar-refractivity contribution in [1.29, 1.82) is 0 Å². The van der Waals surface area contributed by atoms with Gasteiger partial charge in [-0.15, -0.1) is 0 Å². The van der Waals surface area contributed by atoms with E-state index in [1.165, 1.54) is 10.9 Å². The average molecular weight is 522 g/mol. The maximum atomic E-state index is 12.0. The lowest BCUT2D eigenvalue weighted by Crippen LogP contribution is -2.32. The smallest absolute Gasteiger partial charge is 0.416 e. The molecule has 0 spiro atoms. The van der Waals surface area contributed by atoms with E-state index in [4.69, 9.17) is 11.6 Å². The molecule has 0 aliphatic rings. The summed E-state index contributed by atoms with van der Waals surface area (Å²) in [5.74, 6) is 0.102. The normalized spacial score (nSPS) is 11.9. The first-order valence-corrected chi connectivity index (χ1v) is 11.8. The Morgan fingerprint density at radius 2 is 1.60 bits per heavy atom. The molecule has 4 rings (SSSR count). The largest absolute Gasteiger partial charge is 0.744 e. The molecule has 1 aromatic heterocycles. The number of halogens is 4. The van der Waals surface area contributed by atoms with E-state index >= 15 is 0 Å². The molecule has 0 fully saturated rings. The third-order valence-electron chi connectivity index (χ3n) is 5.01. The van der Waals surface area contributed by atoms with E-state index in [1.807, 2.05) is 37.4 Å². The van der Waals surface area contributed by atoms with E-state index in [2.05, 4.69) is 28.8 Å². The second kappa shape index (κ2) is 10.5. The van der Waals surface area contributed by atoms with Crippen LogP contribution in [0.15, 0.2) is 83.8 Å². The van der Waals surface area contributed by atoms with Crippen LogP contribution in [0.1, 0.15) is 16.8 Å². The number of rotatable bonds is 3. The summed E-state index contributed by atoms with van der Waals surface area (Å²) in [6.45, 7) is 0. The fourth-order valence-corrected chi connectivity index (χ4v) is 3.80. The minimum absolute atomic E-state index is 0.102. The Labute approximate surface area is 205 Å². The SMILES string of the molecule is C[n+]1c(/C=C/c2ccc(O)c(Cl)c2)ccc2ccccc21.O=S(=O)([O-])c1ccc(C(F)(F)F)cc1. The van der Waals surface area contributed by atoms with Crippen LogP contribution in [0.4, 0.5) is 13.2 Å². The zero-order valence-corrected chi connectivity index (χ0v) is 19.8. The van der Waals surface area contributed by atoms with Crippen LogP contribution in [0.3, 0.4) is 0 Å². The zero-order chi connectivity index (χ0) is 25.8. The molecule has 5 nitrogen and oxygen atoms in total. The molecule has 3 aromatic carbocycles. The van der Waals surface area contributed by atoms with Gasteiger partial charge in [-0.05, 0) is 60.2 Å². The van der Waals surface area contributed by atoms with Gasteiger partial charge in [-0.2, -0.15) is 17.7 Å². The highest BCUT2D eigenvalue weighted by atomic mass is 35.5. The van der Waals surface area contributed by atoms with Crippen molar-refractivity contribution in [2.45, 2.75) is 11.1 Å². The van der Waals surface area contributed by atoms with E-state index in [9.17, 15) is 31.2 Å². The number of aromatic nitrogens is 1. The van der Waals surface area contributed by atoms with Crippen molar-refractivity contribution in [3.63, 3.8) is 0 Å². The summed E-state index contributed by atoms with van der Waals surface area (Å²) in [4.78, 5) is -0.675. The van der Waals surface area contributed by atoms with Crippen molar-refractivity contribution in [2.24, 2.45) is 7.05 Å². The van der Waals surface area contributed by atoms with Crippen LogP contribution in [0, 0.1) is 0 Å². The van der Waals surface area contributed by atoms with Crippen LogP contribution in [0.2, 0.25) is 5.02 Å². The zero-order valence-electron chi connectivity index (χ0n) is 18.2. The fourth-order valence-electron chi connectivity index (χ4n) is 3.15. The molecule has 1 N–H and O–H groups in total. The lowest BCUT2D eigenvalue weighted by molar-refractivity contribution is -0.646. The molecule has 4 aromatic rings. The number of aryl methyl sites for hydroxylation is 1. The Balaban J connectivity index is 0.000000214. The number of fused-ring (bicyclic) bond motifs is 1. The fraction of sp³-hybridized carbons (Fsp3) is 0.0800. The number of nitrogens with zero attached hydrogens (tertiary/aromatic N) is 1. The van der Waals surface area contributed by atoms with Crippen molar-refractivity contribution in [3.05, 3.63) is 101 Å². The second-order valence-corrected chi connectivity index (χ2v) is 9.18. The molecule has 0 saturated heterocycles. The van der Waals surface area contributed by atoms with Gasteiger partial charge in [0.2, 0.25) is 11.2 Å². The van der Waals surface area contributed by atoms with Crippen molar-refractivity contribution < 1.29 is 35.8 Å². The molecule has 1 heterocycles. The summed E-state index contributed by atoms with van der Waals surface area (Å²) in [5.41, 5.74) is 2.23. The van der Waals surface area contributed by atoms with Gasteiger partial charge in [-0.1, -0.05) is 29.8 Å². The van der Waals surface area contributed by atoms with E-state index < -0.39 is 26.8 Å². The molecule has 0 bridgehead atoms. The first kappa shape index (κ1) is 26.2. The van der Waals surface area contributed by atoms with Gasteiger partial charge in [0.1, 0.15) is 22.9 Å². The maximum Gasteiger partial charge on any atom is 0.416 e. The van der Waals surface area contributed by atoms with Crippen LogP contribution in [-0.2, 0) is 23.3 Å². The molecule has 0 radical (unpaired) electrons. The molecule has 0 aliphatic carbocycles. The first-order valence-electron chi connectivity index (χ1n) is 10.0. The van der Waals surface area contributed by atoms with Gasteiger partial charge in [0, 0.05) is 23.6 Å². The Kier molecular flexibility index (Phi) is 7.84. The molecule has 0 aliphatic heterocycles. The van der Waals surface area contributed by atoms with Crippen molar-refractivity contribution in [3.8, 4) is 5.75 Å². The van der Waals surface area contributed by atoms with E-state index in [1.54, 1.807) is 12.1 Å². The van der Waals surface area contributed by atoms with Gasteiger partial charge in [-0.25, -0.2) is 8.42 Å². The predicted octanol–water partition coefficient (Wildman–Crippen LogP) is 5.80. The lowest BCUT2D eigenvalue weighted by atomic mass is 10.1. The Hall–Kier alpha value is -3.40. The molecule has 0 amide bonds. The van der Waals surface area contributed by atoms with Gasteiger partial charge in [0.05, 0.1) is 15.5 Å². The van der Waals surface area contributed by atoms with Crippen molar-refractivity contribution in [1.82, 2.24) is 0 Å². The number of para-hydroxylation sites is 1. The number of benzene rings is 3. The maximum absolute atomic E-state index is 12.0. The molecule has 10 heteroatoms. The first-order chi connectivity index (χ1) is 16.4. The van der Waals surface area contributed by atoms with E-state index in [-0.39, 0.29) is 5.75 Å². The number of aromatic hydroxyl groups is 1. The molecular weight excluding hydrogens is 503 g/mol. The summed E-state index contributed by atoms with van der Waals surface area (Å²) < 4.78 is 69.2. The summed E-state index contributed by atoms with van der Waals surface area (Å²) in [7, 11) is -2.63. The van der Waals surface area contributed by atoms with Crippen LogP contribution >= 0.6 is 11.6 Å². The molecular formula is C25H19ClF3NO4S. The van der Waals surface area contributed by atoms with Crippen molar-refractivity contribution >= 4 is 44.8 Å². The molecule has 35 heavy (non-hydrogen) atoms. The highest BCUT2D eigenvalue weighted by Gasteiger charge is 2.30. The standard InChI is InChI=1S/C18H14ClNO.C7H5F3O3S/c1-20-15(10-8-14-4-2-3-5-17(14)20)9-6-13-7-11-18(21)16(19)12-13;8-7(9,10)5-1-3-6(4-2-5)14(11,12)13/h2-12H,1H3;1-4H,(H,11,12,13). The quantitative estimate of drug-likeness (QED) is 0.273. The topological polar surface area (TPSA) is 81.3 Å². The van der Waals surface area contributed by atoms with E-state index in [0.29, 0.717) is 29.3 Å². The summed E-state index contributed by atoms with van der Waals surface area (Å²) in [6.07, 6.45) is -0.518. The lowest BCUT2D eigenvalue weighted by Gasteiger charge is -2.09. The third-order valence-corrected chi connectivity index (χ3v) is 6.16. The van der Waals surface area contributed by atoms with Crippen molar-refractivity contribution in [2.75, 3.05) is 0 Å². The summed E-state index contributed by atoms with van der Waals surface area (Å²) >= 11 is 5.92. The highest BCUT2D eigenvalue weighted by Crippen LogP contribution is 2.29. The Morgan fingerprint density at radius 3 is 2.20 bits per heavy atom. The third kappa shape index (κ3) is 6.82. The molecule has 182 valence electrons. The van der Waals surface area contributed by atoms with Gasteiger partial charge >= 0.3 is 6.18 Å². The molecule has 0 unspecified atom stereocenters. The summed E-state index contributed by atoms with van der Waals surface area (Å²) in [5, 5.41) is 11.0. The Bertz CT molecular complexity index is 1490. The minimum Gasteiger partial charge on any atom is -0.744 e. The van der Waals surface area contributed by atoms with Crippen LogP contribution in [0.5, 0.6) is 5.75 Å². The number of hydrogen-bond donors (Lipinski definition) is 1. The van der Waals surface area contributed by atoms with Gasteiger partial charge in [-0.3, -0.25) is 0 Å². The van der Waals surface area contributed by atoms with E-state index in [0.717, 1.165) is 11.3 Å². The number of pyridine rings is 1. The van der Waals surface area contributed by atoms with Gasteiger partial charge in [0.15, 0.2) is 0 Å². The minimum atomic E-state index is -4.68. The van der Waals surface area contributed by atoms with Crippen LogP contribution < -0.4 is 4.57 Å². The number of hydrogen-bond acceptors (Lipinski definition) is 4. The molecule has 0 saturated carbocycles. The number of phenols is 1. The van der Waals surface area contributed by atoms with Gasteiger partial charge in [0.25, 0.3) is 0 Å². The predicted molar refractivity (Wildman–Crippen MR) is 127 cm³/mol.